The van der Waals surface area contributed by atoms with E-state index >= 15 is 0 Å². The number of hydrogen-bond donors (Lipinski definition) is 0. The first-order valence-electron chi connectivity index (χ1n) is 2.76. The van der Waals surface area contributed by atoms with E-state index in [4.69, 9.17) is 0 Å². The van der Waals surface area contributed by atoms with Crippen LogP contribution >= 0.6 is 0 Å². The molecular formula is C6H9BO2. The molecule has 0 aromatic carbocycles. The van der Waals surface area contributed by atoms with Gasteiger partial charge in [0.1, 0.15) is 13.6 Å². The van der Waals surface area contributed by atoms with Gasteiger partial charge in [-0.15, -0.1) is 0 Å². The highest BCUT2D eigenvalue weighted by atomic mass is 16.1. The SMILES string of the molecule is BC(C(C)=O)C(=O)C=C. The summed E-state index contributed by atoms with van der Waals surface area (Å²) in [5.41, 5.74) is 0. The second-order valence-corrected chi connectivity index (χ2v) is 1.94. The van der Waals surface area contributed by atoms with Gasteiger partial charge in [-0.05, 0) is 13.0 Å². The summed E-state index contributed by atoms with van der Waals surface area (Å²) < 4.78 is 0. The van der Waals surface area contributed by atoms with Crippen molar-refractivity contribution in [3.63, 3.8) is 0 Å². The third-order valence-corrected chi connectivity index (χ3v) is 1.24. The van der Waals surface area contributed by atoms with Crippen LogP contribution in [0.3, 0.4) is 0 Å². The Morgan fingerprint density at radius 3 is 2.22 bits per heavy atom. The predicted molar refractivity (Wildman–Crippen MR) is 38.2 cm³/mol. The third kappa shape index (κ3) is 2.26. The molecule has 0 rings (SSSR count). The van der Waals surface area contributed by atoms with Crippen molar-refractivity contribution in [1.29, 1.82) is 0 Å². The van der Waals surface area contributed by atoms with Crippen LogP contribution in [-0.2, 0) is 9.59 Å². The lowest BCUT2D eigenvalue weighted by molar-refractivity contribution is -0.123. The summed E-state index contributed by atoms with van der Waals surface area (Å²) in [6, 6.07) is 0. The van der Waals surface area contributed by atoms with Crippen LogP contribution in [0.4, 0.5) is 0 Å². The van der Waals surface area contributed by atoms with Crippen molar-refractivity contribution in [2.75, 3.05) is 0 Å². The van der Waals surface area contributed by atoms with E-state index in [0.29, 0.717) is 0 Å². The summed E-state index contributed by atoms with van der Waals surface area (Å²) in [6.07, 6.45) is 1.17. The van der Waals surface area contributed by atoms with Crippen LogP contribution in [0, 0.1) is 0 Å². The summed E-state index contributed by atoms with van der Waals surface area (Å²) >= 11 is 0. The Bertz CT molecular complexity index is 151. The Morgan fingerprint density at radius 1 is 1.67 bits per heavy atom. The second-order valence-electron chi connectivity index (χ2n) is 1.94. The largest absolute Gasteiger partial charge is 0.300 e. The molecule has 0 aliphatic heterocycles. The maximum atomic E-state index is 10.6. The lowest BCUT2D eigenvalue weighted by Gasteiger charge is -1.98. The first-order valence-corrected chi connectivity index (χ1v) is 2.76. The van der Waals surface area contributed by atoms with Crippen LogP contribution in [0.15, 0.2) is 12.7 Å². The maximum Gasteiger partial charge on any atom is 0.157 e. The minimum atomic E-state index is -0.512. The van der Waals surface area contributed by atoms with E-state index in [2.05, 4.69) is 6.58 Å². The highest BCUT2D eigenvalue weighted by molar-refractivity contribution is 6.38. The maximum absolute atomic E-state index is 10.6. The van der Waals surface area contributed by atoms with Gasteiger partial charge in [0.25, 0.3) is 0 Å². The van der Waals surface area contributed by atoms with Crippen LogP contribution in [0.25, 0.3) is 0 Å². The van der Waals surface area contributed by atoms with Crippen LogP contribution < -0.4 is 0 Å². The molecule has 0 aromatic rings. The molecule has 0 spiro atoms. The van der Waals surface area contributed by atoms with Gasteiger partial charge in [-0.25, -0.2) is 0 Å². The van der Waals surface area contributed by atoms with Crippen molar-refractivity contribution in [1.82, 2.24) is 0 Å². The molecule has 3 heteroatoms. The molecule has 0 amide bonds. The molecule has 0 N–H and O–H groups in total. The Hall–Kier alpha value is -0.855. The zero-order chi connectivity index (χ0) is 7.44. The molecule has 0 saturated heterocycles. The Balaban J connectivity index is 4.03. The van der Waals surface area contributed by atoms with Gasteiger partial charge in [0.15, 0.2) is 5.78 Å². The molecule has 1 unspecified atom stereocenters. The molecule has 0 radical (unpaired) electrons. The molecule has 0 aromatic heterocycles. The predicted octanol–water partition coefficient (Wildman–Crippen LogP) is -0.248. The molecule has 0 bridgehead atoms. The molecule has 48 valence electrons. The van der Waals surface area contributed by atoms with Gasteiger partial charge in [-0.3, -0.25) is 4.79 Å². The molecule has 0 saturated carbocycles. The summed E-state index contributed by atoms with van der Waals surface area (Å²) in [5.74, 6) is -0.829. The Labute approximate surface area is 55.3 Å². The normalized spacial score (nSPS) is 12.1. The minimum absolute atomic E-state index is 0.111. The van der Waals surface area contributed by atoms with Gasteiger partial charge in [0.2, 0.25) is 0 Å². The first-order chi connectivity index (χ1) is 4.09. The molecule has 0 fully saturated rings. The summed E-state index contributed by atoms with van der Waals surface area (Å²) in [4.78, 5) is 21.1. The highest BCUT2D eigenvalue weighted by Gasteiger charge is 2.12. The number of hydrogen-bond acceptors (Lipinski definition) is 2. The van der Waals surface area contributed by atoms with E-state index in [1.807, 2.05) is 0 Å². The van der Waals surface area contributed by atoms with Gasteiger partial charge >= 0.3 is 0 Å². The monoisotopic (exact) mass is 124 g/mol. The van der Waals surface area contributed by atoms with E-state index in [0.717, 1.165) is 0 Å². The van der Waals surface area contributed by atoms with E-state index in [1.54, 1.807) is 7.85 Å². The Morgan fingerprint density at radius 2 is 2.11 bits per heavy atom. The molecular weight excluding hydrogens is 115 g/mol. The molecule has 0 aliphatic rings. The fourth-order valence-corrected chi connectivity index (χ4v) is 0.377. The molecule has 0 heterocycles. The Kier molecular flexibility index (Phi) is 2.92. The number of Topliss-reactive ketones (excluding diaryl/α,β-unsaturated/α-hetero) is 1. The summed E-state index contributed by atoms with van der Waals surface area (Å²) in [7, 11) is 1.58. The number of carbonyl (C=O) groups excluding carboxylic acids is 2. The summed E-state index contributed by atoms with van der Waals surface area (Å²) in [5, 5.41) is 0. The topological polar surface area (TPSA) is 34.1 Å². The van der Waals surface area contributed by atoms with Crippen molar-refractivity contribution in [3.8, 4) is 0 Å². The summed E-state index contributed by atoms with van der Waals surface area (Å²) in [6.45, 7) is 4.66. The van der Waals surface area contributed by atoms with E-state index in [1.165, 1.54) is 13.0 Å². The third-order valence-electron chi connectivity index (χ3n) is 1.24. The van der Waals surface area contributed by atoms with Crippen molar-refractivity contribution in [3.05, 3.63) is 12.7 Å². The van der Waals surface area contributed by atoms with Crippen LogP contribution in [-0.4, -0.2) is 19.4 Å². The molecule has 0 aliphatic carbocycles. The van der Waals surface area contributed by atoms with Crippen molar-refractivity contribution < 1.29 is 9.59 Å². The fraction of sp³-hybridized carbons (Fsp3) is 0.333. The zero-order valence-electron chi connectivity index (χ0n) is 5.68. The lowest BCUT2D eigenvalue weighted by Crippen LogP contribution is -2.12. The van der Waals surface area contributed by atoms with Crippen molar-refractivity contribution >= 4 is 19.4 Å². The van der Waals surface area contributed by atoms with E-state index in [-0.39, 0.29) is 11.6 Å². The highest BCUT2D eigenvalue weighted by Crippen LogP contribution is 2.01. The molecule has 9 heavy (non-hydrogen) atoms. The lowest BCUT2D eigenvalue weighted by atomic mass is 9.81. The van der Waals surface area contributed by atoms with E-state index < -0.39 is 5.82 Å². The van der Waals surface area contributed by atoms with Crippen molar-refractivity contribution in [2.24, 2.45) is 0 Å². The fourth-order valence-electron chi connectivity index (χ4n) is 0.377. The van der Waals surface area contributed by atoms with Crippen LogP contribution in [0.2, 0.25) is 5.82 Å². The number of allylic oxidation sites excluding steroid dienone is 1. The van der Waals surface area contributed by atoms with Crippen LogP contribution in [0.5, 0.6) is 0 Å². The van der Waals surface area contributed by atoms with Crippen molar-refractivity contribution in [2.45, 2.75) is 12.7 Å². The van der Waals surface area contributed by atoms with Gasteiger partial charge in [-0.1, -0.05) is 6.58 Å². The van der Waals surface area contributed by atoms with Crippen LogP contribution in [0.1, 0.15) is 6.92 Å². The smallest absolute Gasteiger partial charge is 0.157 e. The van der Waals surface area contributed by atoms with Gasteiger partial charge in [-0.2, -0.15) is 0 Å². The number of rotatable bonds is 3. The second kappa shape index (κ2) is 3.23. The average Bonchev–Trinajstić information content (AvgIpc) is 1.84. The van der Waals surface area contributed by atoms with Gasteiger partial charge in [0, 0.05) is 5.82 Å². The number of carbonyl (C=O) groups is 2. The molecule has 2 nitrogen and oxygen atoms in total. The van der Waals surface area contributed by atoms with Gasteiger partial charge in [0.05, 0.1) is 0 Å². The standard InChI is InChI=1S/C6H9BO2/c1-3-5(9)6(7)4(2)8/h3,6H,1,7H2,2H3. The zero-order valence-corrected chi connectivity index (χ0v) is 5.68. The molecule has 1 atom stereocenters. The minimum Gasteiger partial charge on any atom is -0.300 e. The number of ketones is 2. The van der Waals surface area contributed by atoms with E-state index in [9.17, 15) is 9.59 Å². The quantitative estimate of drug-likeness (QED) is 0.295. The first kappa shape index (κ1) is 8.14. The van der Waals surface area contributed by atoms with Gasteiger partial charge < -0.3 is 4.79 Å². The average molecular weight is 124 g/mol.